The molecule has 0 aliphatic carbocycles. The van der Waals surface area contributed by atoms with Gasteiger partial charge in [0.15, 0.2) is 5.96 Å². The number of likely N-dealkylation sites (tertiary alicyclic amines) is 2. The first-order valence-electron chi connectivity index (χ1n) is 9.36. The van der Waals surface area contributed by atoms with Crippen LogP contribution in [0.4, 0.5) is 13.2 Å². The van der Waals surface area contributed by atoms with E-state index in [2.05, 4.69) is 20.5 Å². The molecule has 2 saturated heterocycles. The summed E-state index contributed by atoms with van der Waals surface area (Å²) >= 11 is 0. The Bertz CT molecular complexity index is 495. The molecule has 2 fully saturated rings. The van der Waals surface area contributed by atoms with E-state index < -0.39 is 12.7 Å². The molecule has 2 aliphatic heterocycles. The molecule has 10 heteroatoms. The quantitative estimate of drug-likeness (QED) is 0.341. The van der Waals surface area contributed by atoms with Crippen molar-refractivity contribution in [2.75, 3.05) is 46.3 Å². The van der Waals surface area contributed by atoms with E-state index in [1.807, 2.05) is 6.92 Å². The summed E-state index contributed by atoms with van der Waals surface area (Å²) in [5.41, 5.74) is 0. The minimum Gasteiger partial charge on any atom is -0.359 e. The number of guanidine groups is 1. The molecule has 158 valence electrons. The minimum atomic E-state index is -4.15. The topological polar surface area (TPSA) is 60.0 Å². The van der Waals surface area contributed by atoms with Crippen molar-refractivity contribution in [3.8, 4) is 0 Å². The Hall–Kier alpha value is -0.780. The minimum absolute atomic E-state index is 0. The number of hydrogen-bond donors (Lipinski definition) is 2. The maximum absolute atomic E-state index is 12.5. The first-order valence-corrected chi connectivity index (χ1v) is 9.36. The average molecular weight is 505 g/mol. The van der Waals surface area contributed by atoms with E-state index in [0.29, 0.717) is 38.4 Å². The monoisotopic (exact) mass is 505 g/mol. The zero-order valence-corrected chi connectivity index (χ0v) is 18.3. The van der Waals surface area contributed by atoms with Crippen LogP contribution in [0.3, 0.4) is 0 Å². The van der Waals surface area contributed by atoms with Crippen molar-refractivity contribution in [3.05, 3.63) is 0 Å². The van der Waals surface area contributed by atoms with Crippen LogP contribution in [-0.2, 0) is 4.79 Å². The van der Waals surface area contributed by atoms with Crippen LogP contribution in [0.15, 0.2) is 4.99 Å². The molecule has 2 N–H and O–H groups in total. The van der Waals surface area contributed by atoms with Gasteiger partial charge in [0, 0.05) is 52.2 Å². The predicted octanol–water partition coefficient (Wildman–Crippen LogP) is 2.05. The van der Waals surface area contributed by atoms with Gasteiger partial charge in [0.05, 0.1) is 6.54 Å². The first-order chi connectivity index (χ1) is 12.3. The highest BCUT2D eigenvalue weighted by atomic mass is 127. The van der Waals surface area contributed by atoms with E-state index in [1.54, 1.807) is 7.05 Å². The summed E-state index contributed by atoms with van der Waals surface area (Å²) in [4.78, 5) is 19.6. The van der Waals surface area contributed by atoms with E-state index >= 15 is 0 Å². The molecule has 1 unspecified atom stereocenters. The normalized spacial score (nSPS) is 22.5. The second kappa shape index (κ2) is 11.3. The van der Waals surface area contributed by atoms with Crippen LogP contribution in [0.1, 0.15) is 32.6 Å². The van der Waals surface area contributed by atoms with E-state index in [9.17, 15) is 18.0 Å². The van der Waals surface area contributed by atoms with Crippen LogP contribution in [-0.4, -0.2) is 80.2 Å². The van der Waals surface area contributed by atoms with Gasteiger partial charge in [-0.15, -0.1) is 24.0 Å². The molecule has 0 bridgehead atoms. The number of carbonyl (C=O) groups excluding carboxylic acids is 1. The molecule has 2 aliphatic rings. The Balaban J connectivity index is 0.00000364. The fourth-order valence-electron chi connectivity index (χ4n) is 3.63. The summed E-state index contributed by atoms with van der Waals surface area (Å²) in [6.07, 6.45) is -1.08. The van der Waals surface area contributed by atoms with Gasteiger partial charge in [-0.1, -0.05) is 0 Å². The summed E-state index contributed by atoms with van der Waals surface area (Å²) in [6, 6.07) is -0.00811. The van der Waals surface area contributed by atoms with Gasteiger partial charge in [-0.05, 0) is 32.1 Å². The van der Waals surface area contributed by atoms with Crippen molar-refractivity contribution in [1.82, 2.24) is 20.4 Å². The predicted molar refractivity (Wildman–Crippen MR) is 110 cm³/mol. The third-order valence-electron chi connectivity index (χ3n) is 4.98. The summed E-state index contributed by atoms with van der Waals surface area (Å²) in [5.74, 6) is 1.23. The molecule has 1 amide bonds. The molecule has 2 heterocycles. The molecule has 0 radical (unpaired) electrons. The molecule has 0 aromatic heterocycles. The number of amides is 1. The third-order valence-corrected chi connectivity index (χ3v) is 4.98. The van der Waals surface area contributed by atoms with E-state index in [0.717, 1.165) is 31.9 Å². The van der Waals surface area contributed by atoms with Crippen LogP contribution < -0.4 is 10.6 Å². The molecular weight excluding hydrogens is 474 g/mol. The number of halogens is 4. The molecule has 2 rings (SSSR count). The van der Waals surface area contributed by atoms with Crippen LogP contribution in [0.5, 0.6) is 0 Å². The van der Waals surface area contributed by atoms with Crippen LogP contribution >= 0.6 is 24.0 Å². The second-order valence-electron chi connectivity index (χ2n) is 7.09. The van der Waals surface area contributed by atoms with Gasteiger partial charge >= 0.3 is 6.18 Å². The van der Waals surface area contributed by atoms with Gasteiger partial charge in [-0.3, -0.25) is 14.7 Å². The summed E-state index contributed by atoms with van der Waals surface area (Å²) in [7, 11) is 1.65. The van der Waals surface area contributed by atoms with Crippen molar-refractivity contribution in [2.24, 2.45) is 10.9 Å². The summed E-state index contributed by atoms with van der Waals surface area (Å²) in [5, 5.41) is 6.02. The maximum atomic E-state index is 12.5. The lowest BCUT2D eigenvalue weighted by Gasteiger charge is -2.35. The molecule has 27 heavy (non-hydrogen) atoms. The number of nitrogens with one attached hydrogen (secondary N) is 2. The van der Waals surface area contributed by atoms with Crippen LogP contribution in [0, 0.1) is 5.92 Å². The Morgan fingerprint density at radius 1 is 1.19 bits per heavy atom. The second-order valence-corrected chi connectivity index (χ2v) is 7.09. The number of aliphatic imine (C=N–C) groups is 1. The Kier molecular flexibility index (Phi) is 10.1. The largest absolute Gasteiger partial charge is 0.401 e. The zero-order chi connectivity index (χ0) is 19.2. The Labute approximate surface area is 176 Å². The fourth-order valence-corrected chi connectivity index (χ4v) is 3.63. The smallest absolute Gasteiger partial charge is 0.359 e. The lowest BCUT2D eigenvalue weighted by molar-refractivity contribution is -0.143. The third kappa shape index (κ3) is 8.41. The van der Waals surface area contributed by atoms with Gasteiger partial charge in [-0.2, -0.15) is 13.2 Å². The highest BCUT2D eigenvalue weighted by molar-refractivity contribution is 14.0. The summed E-state index contributed by atoms with van der Waals surface area (Å²) in [6.45, 7) is 4.18. The summed E-state index contributed by atoms with van der Waals surface area (Å²) < 4.78 is 37.6. The Morgan fingerprint density at radius 3 is 2.41 bits per heavy atom. The van der Waals surface area contributed by atoms with Gasteiger partial charge in [-0.25, -0.2) is 0 Å². The van der Waals surface area contributed by atoms with Crippen molar-refractivity contribution in [3.63, 3.8) is 0 Å². The standard InChI is InChI=1S/C17H30F3N5O.HI/c1-3-22-16(23-14-6-7-24(11-14)12-17(18,19)20)25-8-4-13(5-9-25)10-15(26)21-2;/h13-14H,3-12H2,1-2H3,(H,21,26)(H,22,23);1H. The Morgan fingerprint density at radius 2 is 1.85 bits per heavy atom. The number of hydrogen-bond acceptors (Lipinski definition) is 3. The number of nitrogens with zero attached hydrogens (tertiary/aromatic N) is 3. The molecule has 0 aromatic rings. The molecule has 1 atom stereocenters. The molecular formula is C17H31F3IN5O. The van der Waals surface area contributed by atoms with Gasteiger partial charge in [0.2, 0.25) is 5.91 Å². The molecule has 6 nitrogen and oxygen atoms in total. The number of alkyl halides is 3. The van der Waals surface area contributed by atoms with Crippen LogP contribution in [0.25, 0.3) is 0 Å². The SMILES string of the molecule is CCN=C(NC1CCN(CC(F)(F)F)C1)N1CCC(CC(=O)NC)CC1.I. The van der Waals surface area contributed by atoms with E-state index in [1.165, 1.54) is 4.90 Å². The first kappa shape index (κ1) is 24.3. The zero-order valence-electron chi connectivity index (χ0n) is 16.0. The fraction of sp³-hybridized carbons (Fsp3) is 0.882. The van der Waals surface area contributed by atoms with Crippen molar-refractivity contribution >= 4 is 35.8 Å². The van der Waals surface area contributed by atoms with E-state index in [4.69, 9.17) is 0 Å². The maximum Gasteiger partial charge on any atom is 0.401 e. The highest BCUT2D eigenvalue weighted by Crippen LogP contribution is 2.22. The highest BCUT2D eigenvalue weighted by Gasteiger charge is 2.35. The van der Waals surface area contributed by atoms with Crippen molar-refractivity contribution in [2.45, 2.75) is 44.8 Å². The van der Waals surface area contributed by atoms with Gasteiger partial charge in [0.25, 0.3) is 0 Å². The number of piperidine rings is 1. The van der Waals surface area contributed by atoms with Crippen molar-refractivity contribution in [1.29, 1.82) is 0 Å². The van der Waals surface area contributed by atoms with Crippen molar-refractivity contribution < 1.29 is 18.0 Å². The molecule has 0 saturated carbocycles. The number of rotatable bonds is 5. The lowest BCUT2D eigenvalue weighted by atomic mass is 9.93. The van der Waals surface area contributed by atoms with Crippen LogP contribution in [0.2, 0.25) is 0 Å². The lowest BCUT2D eigenvalue weighted by Crippen LogP contribution is -2.50. The molecule has 0 aromatic carbocycles. The van der Waals surface area contributed by atoms with Gasteiger partial charge < -0.3 is 15.5 Å². The average Bonchev–Trinajstić information content (AvgIpc) is 3.00. The molecule has 0 spiro atoms. The van der Waals surface area contributed by atoms with E-state index in [-0.39, 0.29) is 35.9 Å². The van der Waals surface area contributed by atoms with Gasteiger partial charge in [0.1, 0.15) is 0 Å². The number of carbonyl (C=O) groups is 1.